The molecule has 140 valence electrons. The largest absolute Gasteiger partial charge is 0.478 e. The van der Waals surface area contributed by atoms with E-state index in [4.69, 9.17) is 0 Å². The fraction of sp³-hybridized carbons (Fsp3) is 0. The van der Waals surface area contributed by atoms with E-state index in [1.54, 1.807) is 12.1 Å². The van der Waals surface area contributed by atoms with Gasteiger partial charge in [-0.2, -0.15) is 0 Å². The predicted octanol–water partition coefficient (Wildman–Crippen LogP) is 6.39. The summed E-state index contributed by atoms with van der Waals surface area (Å²) in [6.07, 6.45) is 0. The Morgan fingerprint density at radius 2 is 0.690 bits per heavy atom. The third-order valence-corrected chi connectivity index (χ3v) is 4.86. The first-order valence-corrected chi connectivity index (χ1v) is 9.48. The van der Waals surface area contributed by atoms with E-state index in [0.29, 0.717) is 0 Å². The second kappa shape index (κ2) is 8.41. The predicted molar refractivity (Wildman–Crippen MR) is 118 cm³/mol. The maximum atomic E-state index is 11.3. The zero-order valence-corrected chi connectivity index (χ0v) is 15.8. The van der Waals surface area contributed by atoms with Crippen molar-refractivity contribution in [1.29, 1.82) is 0 Å². The molecule has 0 saturated heterocycles. The molecule has 0 radical (unpaired) electrons. The minimum Gasteiger partial charge on any atom is -0.478 e. The number of carboxylic acid groups (broad SMARTS) is 1. The van der Waals surface area contributed by atoms with Crippen molar-refractivity contribution in [1.82, 2.24) is 0 Å². The van der Waals surface area contributed by atoms with E-state index in [2.05, 4.69) is 36.4 Å². The Balaban J connectivity index is 2.05. The van der Waals surface area contributed by atoms with Gasteiger partial charge in [0.15, 0.2) is 0 Å². The number of benzene rings is 4. The van der Waals surface area contributed by atoms with E-state index in [1.165, 1.54) is 0 Å². The van der Waals surface area contributed by atoms with Gasteiger partial charge in [-0.15, -0.1) is 0 Å². The zero-order chi connectivity index (χ0) is 20.1. The van der Waals surface area contributed by atoms with E-state index < -0.39 is 5.97 Å². The van der Waals surface area contributed by atoms with Crippen LogP contribution in [0.25, 0.3) is 11.1 Å². The van der Waals surface area contributed by atoms with Gasteiger partial charge in [-0.3, -0.25) is 0 Å². The van der Waals surface area contributed by atoms with Crippen molar-refractivity contribution in [2.45, 2.75) is 0 Å². The topological polar surface area (TPSA) is 37.3 Å². The van der Waals surface area contributed by atoms with Crippen molar-refractivity contribution in [2.75, 3.05) is 0 Å². The first kappa shape index (κ1) is 18.5. The zero-order valence-electron chi connectivity index (χ0n) is 15.8. The number of carbonyl (C=O) groups is 1. The van der Waals surface area contributed by atoms with Crippen molar-refractivity contribution in [3.63, 3.8) is 0 Å². The van der Waals surface area contributed by atoms with Gasteiger partial charge in [-0.05, 0) is 45.5 Å². The second-order valence-electron chi connectivity index (χ2n) is 6.73. The molecule has 2 heteroatoms. The van der Waals surface area contributed by atoms with Crippen molar-refractivity contribution in [2.24, 2.45) is 0 Å². The molecule has 0 unspecified atom stereocenters. The minimum absolute atomic E-state index is 0.280. The van der Waals surface area contributed by atoms with Crippen LogP contribution in [0.3, 0.4) is 0 Å². The number of hydrogen-bond donors (Lipinski definition) is 1. The molecule has 0 atom stereocenters. The fourth-order valence-corrected chi connectivity index (χ4v) is 3.50. The number of hydrogen-bond acceptors (Lipinski definition) is 1. The SMILES string of the molecule is O=C(O)c1ccc(C(=C(c2ccccc2)c2ccccc2)c2ccccc2)cc1. The normalized spacial score (nSPS) is 10.3. The number of aromatic carboxylic acids is 1. The highest BCUT2D eigenvalue weighted by Crippen LogP contribution is 2.36. The lowest BCUT2D eigenvalue weighted by Crippen LogP contribution is -1.99. The van der Waals surface area contributed by atoms with Gasteiger partial charge in [0.1, 0.15) is 0 Å². The van der Waals surface area contributed by atoms with E-state index in [9.17, 15) is 9.90 Å². The molecule has 0 saturated carbocycles. The molecule has 0 aliphatic rings. The molecule has 4 aromatic carbocycles. The minimum atomic E-state index is -0.923. The quantitative estimate of drug-likeness (QED) is 0.410. The van der Waals surface area contributed by atoms with E-state index in [0.717, 1.165) is 33.4 Å². The Morgan fingerprint density at radius 1 is 0.414 bits per heavy atom. The Labute approximate surface area is 170 Å². The average Bonchev–Trinajstić information content (AvgIpc) is 2.79. The summed E-state index contributed by atoms with van der Waals surface area (Å²) >= 11 is 0. The molecule has 0 spiro atoms. The first-order valence-electron chi connectivity index (χ1n) is 9.48. The van der Waals surface area contributed by atoms with Gasteiger partial charge in [-0.25, -0.2) is 4.79 Å². The molecule has 0 amide bonds. The average molecular weight is 376 g/mol. The molecule has 0 fully saturated rings. The Hall–Kier alpha value is -3.91. The lowest BCUT2D eigenvalue weighted by Gasteiger charge is -2.18. The lowest BCUT2D eigenvalue weighted by atomic mass is 9.85. The third-order valence-electron chi connectivity index (χ3n) is 4.86. The van der Waals surface area contributed by atoms with Crippen LogP contribution in [0.5, 0.6) is 0 Å². The van der Waals surface area contributed by atoms with E-state index >= 15 is 0 Å². The van der Waals surface area contributed by atoms with Gasteiger partial charge in [0.2, 0.25) is 0 Å². The van der Waals surface area contributed by atoms with Crippen molar-refractivity contribution < 1.29 is 9.90 Å². The van der Waals surface area contributed by atoms with Crippen LogP contribution in [0.2, 0.25) is 0 Å². The van der Waals surface area contributed by atoms with Crippen LogP contribution in [0.1, 0.15) is 32.6 Å². The van der Waals surface area contributed by atoms with Crippen LogP contribution < -0.4 is 0 Å². The van der Waals surface area contributed by atoms with Gasteiger partial charge in [0.05, 0.1) is 5.56 Å². The molecule has 1 N–H and O–H groups in total. The van der Waals surface area contributed by atoms with Crippen LogP contribution >= 0.6 is 0 Å². The summed E-state index contributed by atoms with van der Waals surface area (Å²) in [6.45, 7) is 0. The summed E-state index contributed by atoms with van der Waals surface area (Å²) in [4.78, 5) is 11.3. The molecule has 0 aromatic heterocycles. The van der Waals surface area contributed by atoms with Crippen LogP contribution in [-0.2, 0) is 0 Å². The number of carboxylic acids is 1. The fourth-order valence-electron chi connectivity index (χ4n) is 3.50. The summed E-state index contributed by atoms with van der Waals surface area (Å²) in [7, 11) is 0. The molecule has 4 aromatic rings. The maximum absolute atomic E-state index is 11.3. The Bertz CT molecular complexity index is 1090. The number of rotatable bonds is 5. The highest BCUT2D eigenvalue weighted by atomic mass is 16.4. The lowest BCUT2D eigenvalue weighted by molar-refractivity contribution is 0.0697. The highest BCUT2D eigenvalue weighted by molar-refractivity contribution is 6.04. The summed E-state index contributed by atoms with van der Waals surface area (Å²) in [5.74, 6) is -0.923. The van der Waals surface area contributed by atoms with E-state index in [-0.39, 0.29) is 5.56 Å². The molecule has 0 aliphatic heterocycles. The van der Waals surface area contributed by atoms with Gasteiger partial charge in [0.25, 0.3) is 0 Å². The second-order valence-corrected chi connectivity index (χ2v) is 6.73. The molecule has 2 nitrogen and oxygen atoms in total. The van der Waals surface area contributed by atoms with Crippen LogP contribution in [0, 0.1) is 0 Å². The summed E-state index contributed by atoms with van der Waals surface area (Å²) in [6, 6.07) is 37.9. The third kappa shape index (κ3) is 4.02. The molecule has 4 rings (SSSR count). The maximum Gasteiger partial charge on any atom is 0.335 e. The molecule has 0 bridgehead atoms. The van der Waals surface area contributed by atoms with Gasteiger partial charge < -0.3 is 5.11 Å². The first-order chi connectivity index (χ1) is 14.2. The Morgan fingerprint density at radius 3 is 1.00 bits per heavy atom. The van der Waals surface area contributed by atoms with Crippen LogP contribution in [0.15, 0.2) is 115 Å². The van der Waals surface area contributed by atoms with Gasteiger partial charge >= 0.3 is 5.97 Å². The van der Waals surface area contributed by atoms with Crippen molar-refractivity contribution in [3.8, 4) is 0 Å². The summed E-state index contributed by atoms with van der Waals surface area (Å²) in [5, 5.41) is 9.28. The molecular weight excluding hydrogens is 356 g/mol. The smallest absolute Gasteiger partial charge is 0.335 e. The van der Waals surface area contributed by atoms with Crippen LogP contribution in [0.4, 0.5) is 0 Å². The Kier molecular flexibility index (Phi) is 5.35. The molecule has 0 aliphatic carbocycles. The van der Waals surface area contributed by atoms with Gasteiger partial charge in [-0.1, -0.05) is 103 Å². The highest BCUT2D eigenvalue weighted by Gasteiger charge is 2.16. The molecule has 29 heavy (non-hydrogen) atoms. The van der Waals surface area contributed by atoms with E-state index in [1.807, 2.05) is 66.7 Å². The monoisotopic (exact) mass is 376 g/mol. The summed E-state index contributed by atoms with van der Waals surface area (Å²) < 4.78 is 0. The molecule has 0 heterocycles. The molecular formula is C27H20O2. The summed E-state index contributed by atoms with van der Waals surface area (Å²) in [5.41, 5.74) is 6.74. The van der Waals surface area contributed by atoms with Crippen molar-refractivity contribution >= 4 is 17.1 Å². The van der Waals surface area contributed by atoms with Gasteiger partial charge in [0, 0.05) is 0 Å². The van der Waals surface area contributed by atoms with Crippen molar-refractivity contribution in [3.05, 3.63) is 143 Å². The standard InChI is InChI=1S/C27H20O2/c28-27(29)24-18-16-23(17-19-24)26(22-14-8-3-9-15-22)25(20-10-4-1-5-11-20)21-12-6-2-7-13-21/h1-19H,(H,28,29). The van der Waals surface area contributed by atoms with Crippen LogP contribution in [-0.4, -0.2) is 11.1 Å².